The maximum absolute atomic E-state index is 9.24. The van der Waals surface area contributed by atoms with Gasteiger partial charge in [0.1, 0.15) is 0 Å². The summed E-state index contributed by atoms with van der Waals surface area (Å²) in [4.78, 5) is 4.86. The second-order valence-electron chi connectivity index (χ2n) is 3.71. The summed E-state index contributed by atoms with van der Waals surface area (Å²) in [6.07, 6.45) is 1.53. The van der Waals surface area contributed by atoms with Crippen molar-refractivity contribution in [3.05, 3.63) is 52.8 Å². The lowest BCUT2D eigenvalue weighted by Gasteiger charge is -2.15. The molecule has 1 rings (SSSR count). The van der Waals surface area contributed by atoms with Gasteiger partial charge in [0.15, 0.2) is 10.7 Å². The molecule has 0 fully saturated rings. The lowest BCUT2D eigenvalue weighted by atomic mass is 10.2. The number of nitrogens with zero attached hydrogens (tertiary/aromatic N) is 3. The number of diazo groups is 1. The molecule has 1 aromatic rings. The lowest BCUT2D eigenvalue weighted by Crippen LogP contribution is -2.19. The van der Waals surface area contributed by atoms with Gasteiger partial charge in [-0.3, -0.25) is 0 Å². The largest absolute Gasteiger partial charge is 0.505 e. The molecule has 0 aromatic heterocycles. The first-order valence-corrected chi connectivity index (χ1v) is 5.17. The highest BCUT2D eigenvalue weighted by Crippen LogP contribution is 2.05. The van der Waals surface area contributed by atoms with Gasteiger partial charge in [-0.25, -0.2) is 0 Å². The first-order chi connectivity index (χ1) is 7.72. The molecule has 0 bridgehead atoms. The van der Waals surface area contributed by atoms with Crippen LogP contribution in [-0.2, 0) is 6.54 Å². The van der Waals surface area contributed by atoms with Gasteiger partial charge in [0.25, 0.3) is 0 Å². The molecule has 0 radical (unpaired) electrons. The Morgan fingerprint density at radius 3 is 2.75 bits per heavy atom. The Hall–Kier alpha value is -1.86. The summed E-state index contributed by atoms with van der Waals surface area (Å²) in [6.45, 7) is 1.55. The van der Waals surface area contributed by atoms with E-state index in [9.17, 15) is 5.11 Å². The van der Waals surface area contributed by atoms with Crippen LogP contribution < -0.4 is 0 Å². The summed E-state index contributed by atoms with van der Waals surface area (Å²) in [6, 6.07) is 10.1. The molecule has 0 amide bonds. The van der Waals surface area contributed by atoms with Crippen LogP contribution in [0.3, 0.4) is 0 Å². The van der Waals surface area contributed by atoms with Gasteiger partial charge in [-0.15, -0.1) is 0 Å². The molecule has 4 nitrogen and oxygen atoms in total. The van der Waals surface area contributed by atoms with E-state index in [1.165, 1.54) is 5.56 Å². The minimum Gasteiger partial charge on any atom is -0.505 e. The molecule has 0 atom stereocenters. The first kappa shape index (κ1) is 12.2. The third kappa shape index (κ3) is 4.58. The van der Waals surface area contributed by atoms with Crippen molar-refractivity contribution in [2.24, 2.45) is 0 Å². The van der Waals surface area contributed by atoms with E-state index in [2.05, 4.69) is 22.0 Å². The molecule has 0 spiro atoms. The Bertz CT molecular complexity index is 381. The summed E-state index contributed by atoms with van der Waals surface area (Å²) < 4.78 is 0. The van der Waals surface area contributed by atoms with E-state index in [0.29, 0.717) is 13.0 Å². The van der Waals surface area contributed by atoms with Crippen molar-refractivity contribution in [2.75, 3.05) is 13.6 Å². The Kier molecular flexibility index (Phi) is 5.03. The first-order valence-electron chi connectivity index (χ1n) is 5.17. The number of rotatable bonds is 5. The third-order valence-electron chi connectivity index (χ3n) is 2.25. The maximum Gasteiger partial charge on any atom is 0.387 e. The molecule has 1 N–H and O–H groups in total. The number of aliphatic hydroxyl groups is 1. The van der Waals surface area contributed by atoms with Gasteiger partial charge < -0.3 is 10.0 Å². The van der Waals surface area contributed by atoms with E-state index < -0.39 is 0 Å². The van der Waals surface area contributed by atoms with Gasteiger partial charge >= 0.3 is 6.20 Å². The van der Waals surface area contributed by atoms with Crippen LogP contribution in [0, 0.1) is 5.39 Å². The maximum atomic E-state index is 9.24. The van der Waals surface area contributed by atoms with Gasteiger partial charge in [-0.05, 0) is 12.6 Å². The number of benzene rings is 1. The van der Waals surface area contributed by atoms with Crippen LogP contribution >= 0.6 is 0 Å². The van der Waals surface area contributed by atoms with Crippen molar-refractivity contribution in [3.63, 3.8) is 0 Å². The number of hydrogen-bond donors (Lipinski definition) is 1. The molecule has 1 aromatic carbocycles. The van der Waals surface area contributed by atoms with Crippen LogP contribution in [0.1, 0.15) is 12.0 Å². The van der Waals surface area contributed by atoms with E-state index in [0.717, 1.165) is 12.7 Å². The van der Waals surface area contributed by atoms with Gasteiger partial charge in [-0.2, -0.15) is 0 Å². The average molecular weight is 218 g/mol. The molecular weight excluding hydrogens is 202 g/mol. The predicted octanol–water partition coefficient (Wildman–Crippen LogP) is 2.76. The highest BCUT2D eigenvalue weighted by molar-refractivity contribution is 5.14. The molecule has 0 aliphatic rings. The van der Waals surface area contributed by atoms with Crippen LogP contribution in [0.15, 0.2) is 42.3 Å². The van der Waals surface area contributed by atoms with E-state index in [1.807, 2.05) is 25.2 Å². The third-order valence-corrected chi connectivity index (χ3v) is 2.25. The van der Waals surface area contributed by atoms with Crippen LogP contribution in [-0.4, -0.2) is 23.6 Å². The minimum absolute atomic E-state index is 0.0856. The predicted molar refractivity (Wildman–Crippen MR) is 63.2 cm³/mol. The van der Waals surface area contributed by atoms with Crippen molar-refractivity contribution < 1.29 is 5.11 Å². The second-order valence-corrected chi connectivity index (χ2v) is 3.71. The van der Waals surface area contributed by atoms with Crippen molar-refractivity contribution in [3.8, 4) is 0 Å². The summed E-state index contributed by atoms with van der Waals surface area (Å²) in [7, 11) is 1.98. The monoisotopic (exact) mass is 218 g/mol. The number of aliphatic hydroxyl groups excluding tert-OH is 1. The molecule has 0 saturated carbocycles. The molecule has 0 saturated heterocycles. The van der Waals surface area contributed by atoms with Crippen molar-refractivity contribution in [2.45, 2.75) is 13.0 Å². The topological polar surface area (TPSA) is 51.6 Å². The molecule has 0 unspecified atom stereocenters. The normalized spacial score (nSPS) is 11.4. The molecule has 0 heterocycles. The Balaban J connectivity index is 2.35. The van der Waals surface area contributed by atoms with Crippen LogP contribution in [0.4, 0.5) is 0 Å². The quantitative estimate of drug-likeness (QED) is 0.610. The smallest absolute Gasteiger partial charge is 0.387 e. The Morgan fingerprint density at radius 1 is 1.44 bits per heavy atom. The van der Waals surface area contributed by atoms with Crippen molar-refractivity contribution >= 4 is 0 Å². The van der Waals surface area contributed by atoms with Crippen LogP contribution in [0.2, 0.25) is 0 Å². The average Bonchev–Trinajstić information content (AvgIpc) is 2.28. The van der Waals surface area contributed by atoms with Crippen LogP contribution in [0.25, 0.3) is 4.98 Å². The highest BCUT2D eigenvalue weighted by atomic mass is 16.3. The number of hydrogen-bond acceptors (Lipinski definition) is 3. The Labute approximate surface area is 95.4 Å². The van der Waals surface area contributed by atoms with Crippen LogP contribution in [0.5, 0.6) is 0 Å². The second kappa shape index (κ2) is 6.59. The van der Waals surface area contributed by atoms with Gasteiger partial charge in [0, 0.05) is 19.5 Å². The highest BCUT2D eigenvalue weighted by Gasteiger charge is 2.04. The molecule has 4 heteroatoms. The van der Waals surface area contributed by atoms with Crippen molar-refractivity contribution in [1.29, 1.82) is 5.39 Å². The van der Waals surface area contributed by atoms with Gasteiger partial charge in [0.05, 0.1) is 0 Å². The summed E-state index contributed by atoms with van der Waals surface area (Å²) >= 11 is 0. The van der Waals surface area contributed by atoms with E-state index in [1.54, 1.807) is 0 Å². The standard InChI is InChI=1S/C12H15N3O/c1-15(8-7-12(16)9-14-13)10-11-5-3-2-4-6-11/h2-6,9H,7-8,10H2,1H3/p+1/b12-9+. The fourth-order valence-electron chi connectivity index (χ4n) is 1.41. The molecule has 0 aliphatic heterocycles. The van der Waals surface area contributed by atoms with E-state index in [-0.39, 0.29) is 5.76 Å². The van der Waals surface area contributed by atoms with Gasteiger partial charge in [-0.1, -0.05) is 30.3 Å². The zero-order valence-electron chi connectivity index (χ0n) is 9.37. The molecule has 84 valence electrons. The molecular formula is C12H16N3O+. The fourth-order valence-corrected chi connectivity index (χ4v) is 1.41. The summed E-state index contributed by atoms with van der Waals surface area (Å²) in [5.74, 6) is 0.0856. The van der Waals surface area contributed by atoms with E-state index in [4.69, 9.17) is 5.39 Å². The minimum atomic E-state index is 0.0856. The summed E-state index contributed by atoms with van der Waals surface area (Å²) in [5, 5.41) is 17.5. The zero-order valence-corrected chi connectivity index (χ0v) is 9.37. The van der Waals surface area contributed by atoms with E-state index >= 15 is 0 Å². The zero-order chi connectivity index (χ0) is 11.8. The SMILES string of the molecule is CN(CC/C(O)=C\[N+]#N)Cc1ccccc1. The van der Waals surface area contributed by atoms with Gasteiger partial charge in [0.2, 0.25) is 5.39 Å². The summed E-state index contributed by atoms with van der Waals surface area (Å²) in [5.41, 5.74) is 1.24. The van der Waals surface area contributed by atoms with Crippen molar-refractivity contribution in [1.82, 2.24) is 4.90 Å². The molecule has 0 aliphatic carbocycles. The lowest BCUT2D eigenvalue weighted by molar-refractivity contribution is 0.298. The Morgan fingerprint density at radius 2 is 2.12 bits per heavy atom. The molecule has 16 heavy (non-hydrogen) atoms. The fraction of sp³-hybridized carbons (Fsp3) is 0.333.